The number of anilines is 1. The van der Waals surface area contributed by atoms with E-state index in [1.165, 1.54) is 30.8 Å². The average molecular weight is 234 g/mol. The minimum atomic E-state index is 0.525. The molecule has 1 aromatic rings. The summed E-state index contributed by atoms with van der Waals surface area (Å²) in [7, 11) is 0. The number of rotatable bonds is 1. The molecule has 0 amide bonds. The second kappa shape index (κ2) is 4.33. The van der Waals surface area contributed by atoms with Gasteiger partial charge in [0.15, 0.2) is 0 Å². The lowest BCUT2D eigenvalue weighted by molar-refractivity contribution is 0.400. The van der Waals surface area contributed by atoms with Crippen LogP contribution in [0.25, 0.3) is 0 Å². The second-order valence-electron chi connectivity index (χ2n) is 5.55. The highest BCUT2D eigenvalue weighted by molar-refractivity contribution is 5.41. The van der Waals surface area contributed by atoms with Crippen LogP contribution in [-0.2, 0) is 0 Å². The molecule has 94 valence electrons. The van der Waals surface area contributed by atoms with Gasteiger partial charge in [-0.15, -0.1) is 0 Å². The molecule has 0 saturated carbocycles. The van der Waals surface area contributed by atoms with E-state index in [1.807, 2.05) is 0 Å². The fraction of sp³-hybridized carbons (Fsp3) is 0.769. The van der Waals surface area contributed by atoms with Gasteiger partial charge in [-0.25, -0.2) is 4.68 Å². The van der Waals surface area contributed by atoms with Crippen LogP contribution in [0.1, 0.15) is 50.8 Å². The maximum absolute atomic E-state index is 4.82. The van der Waals surface area contributed by atoms with Crippen molar-refractivity contribution >= 4 is 5.82 Å². The van der Waals surface area contributed by atoms with Gasteiger partial charge in [-0.3, -0.25) is 0 Å². The molecular formula is C13H22N4. The molecule has 0 radical (unpaired) electrons. The SMILES string of the molecule is CC1CC(C)n2nc(C3CCNCC3)cc2N1. The van der Waals surface area contributed by atoms with Crippen LogP contribution < -0.4 is 10.6 Å². The topological polar surface area (TPSA) is 41.9 Å². The Hall–Kier alpha value is -1.03. The van der Waals surface area contributed by atoms with Gasteiger partial charge in [0.25, 0.3) is 0 Å². The molecule has 3 heterocycles. The van der Waals surface area contributed by atoms with Gasteiger partial charge >= 0.3 is 0 Å². The van der Waals surface area contributed by atoms with Crippen LogP contribution in [0.5, 0.6) is 0 Å². The fourth-order valence-electron chi connectivity index (χ4n) is 3.10. The molecule has 2 aliphatic rings. The van der Waals surface area contributed by atoms with Crippen molar-refractivity contribution in [1.29, 1.82) is 0 Å². The number of piperidine rings is 1. The first-order valence-electron chi connectivity index (χ1n) is 6.80. The predicted octanol–water partition coefficient (Wildman–Crippen LogP) is 2.12. The zero-order chi connectivity index (χ0) is 11.8. The molecule has 0 aliphatic carbocycles. The van der Waals surface area contributed by atoms with Crippen molar-refractivity contribution in [3.63, 3.8) is 0 Å². The Balaban J connectivity index is 1.85. The highest BCUT2D eigenvalue weighted by Gasteiger charge is 2.25. The quantitative estimate of drug-likeness (QED) is 0.782. The molecule has 17 heavy (non-hydrogen) atoms. The van der Waals surface area contributed by atoms with Crippen LogP contribution in [0.4, 0.5) is 5.82 Å². The maximum atomic E-state index is 4.82. The van der Waals surface area contributed by atoms with E-state index in [9.17, 15) is 0 Å². The van der Waals surface area contributed by atoms with Crippen LogP contribution in [-0.4, -0.2) is 28.9 Å². The monoisotopic (exact) mass is 234 g/mol. The zero-order valence-electron chi connectivity index (χ0n) is 10.7. The van der Waals surface area contributed by atoms with Crippen LogP contribution in [0.2, 0.25) is 0 Å². The van der Waals surface area contributed by atoms with Crippen molar-refractivity contribution in [3.05, 3.63) is 11.8 Å². The molecule has 0 bridgehead atoms. The second-order valence-corrected chi connectivity index (χ2v) is 5.55. The lowest BCUT2D eigenvalue weighted by Crippen LogP contribution is -2.28. The summed E-state index contributed by atoms with van der Waals surface area (Å²) in [6.45, 7) is 6.77. The first-order valence-corrected chi connectivity index (χ1v) is 6.80. The van der Waals surface area contributed by atoms with Gasteiger partial charge < -0.3 is 10.6 Å². The summed E-state index contributed by atoms with van der Waals surface area (Å²) in [4.78, 5) is 0. The standard InChI is InChI=1S/C13H22N4/c1-9-7-10(2)17-13(15-9)8-12(16-17)11-3-5-14-6-4-11/h8-11,14-15H,3-7H2,1-2H3. The van der Waals surface area contributed by atoms with E-state index in [0.29, 0.717) is 18.0 Å². The highest BCUT2D eigenvalue weighted by atomic mass is 15.4. The molecule has 1 saturated heterocycles. The Labute approximate surface area is 103 Å². The molecule has 2 aliphatic heterocycles. The Morgan fingerprint density at radius 3 is 2.82 bits per heavy atom. The number of aromatic nitrogens is 2. The number of fused-ring (bicyclic) bond motifs is 1. The van der Waals surface area contributed by atoms with Gasteiger partial charge in [0.2, 0.25) is 0 Å². The predicted molar refractivity (Wildman–Crippen MR) is 69.5 cm³/mol. The summed E-state index contributed by atoms with van der Waals surface area (Å²) in [6, 6.07) is 3.36. The summed E-state index contributed by atoms with van der Waals surface area (Å²) >= 11 is 0. The molecular weight excluding hydrogens is 212 g/mol. The van der Waals surface area contributed by atoms with Gasteiger partial charge in [0, 0.05) is 18.0 Å². The van der Waals surface area contributed by atoms with Crippen LogP contribution in [0, 0.1) is 0 Å². The zero-order valence-corrected chi connectivity index (χ0v) is 10.7. The highest BCUT2D eigenvalue weighted by Crippen LogP contribution is 2.31. The van der Waals surface area contributed by atoms with Gasteiger partial charge in [-0.2, -0.15) is 5.10 Å². The van der Waals surface area contributed by atoms with Crippen LogP contribution in [0.3, 0.4) is 0 Å². The third kappa shape index (κ3) is 2.06. The van der Waals surface area contributed by atoms with Gasteiger partial charge in [0.05, 0.1) is 11.7 Å². The number of nitrogens with one attached hydrogen (secondary N) is 2. The minimum absolute atomic E-state index is 0.525. The van der Waals surface area contributed by atoms with E-state index >= 15 is 0 Å². The van der Waals surface area contributed by atoms with E-state index < -0.39 is 0 Å². The van der Waals surface area contributed by atoms with E-state index in [-0.39, 0.29) is 0 Å². The van der Waals surface area contributed by atoms with Crippen molar-refractivity contribution in [3.8, 4) is 0 Å². The van der Waals surface area contributed by atoms with Crippen LogP contribution >= 0.6 is 0 Å². The van der Waals surface area contributed by atoms with Crippen LogP contribution in [0.15, 0.2) is 6.07 Å². The maximum Gasteiger partial charge on any atom is 0.125 e. The van der Waals surface area contributed by atoms with E-state index in [0.717, 1.165) is 13.1 Å². The van der Waals surface area contributed by atoms with Crippen molar-refractivity contribution in [2.75, 3.05) is 18.4 Å². The summed E-state index contributed by atoms with van der Waals surface area (Å²) < 4.78 is 2.18. The van der Waals surface area contributed by atoms with Crippen molar-refractivity contribution in [2.45, 2.75) is 51.1 Å². The fourth-order valence-corrected chi connectivity index (χ4v) is 3.10. The lowest BCUT2D eigenvalue weighted by atomic mass is 9.95. The van der Waals surface area contributed by atoms with Gasteiger partial charge in [-0.1, -0.05) is 0 Å². The third-order valence-electron chi connectivity index (χ3n) is 4.02. The summed E-state index contributed by atoms with van der Waals surface area (Å²) in [5, 5.41) is 11.8. The molecule has 4 heteroatoms. The Morgan fingerprint density at radius 2 is 2.06 bits per heavy atom. The summed E-state index contributed by atoms with van der Waals surface area (Å²) in [6.07, 6.45) is 3.61. The Morgan fingerprint density at radius 1 is 1.29 bits per heavy atom. The molecule has 2 unspecified atom stereocenters. The number of hydrogen-bond donors (Lipinski definition) is 2. The molecule has 3 rings (SSSR count). The summed E-state index contributed by atoms with van der Waals surface area (Å²) in [5.74, 6) is 1.86. The first-order chi connectivity index (χ1) is 8.24. The Kier molecular flexibility index (Phi) is 2.82. The Bertz CT molecular complexity index is 392. The summed E-state index contributed by atoms with van der Waals surface area (Å²) in [5.41, 5.74) is 1.29. The molecule has 2 N–H and O–H groups in total. The van der Waals surface area contributed by atoms with Crippen molar-refractivity contribution in [1.82, 2.24) is 15.1 Å². The van der Waals surface area contributed by atoms with Crippen molar-refractivity contribution in [2.24, 2.45) is 0 Å². The molecule has 0 aromatic carbocycles. The van der Waals surface area contributed by atoms with E-state index in [1.54, 1.807) is 0 Å². The molecule has 1 fully saturated rings. The average Bonchev–Trinajstić information content (AvgIpc) is 2.74. The normalized spacial score (nSPS) is 29.8. The molecule has 1 aromatic heterocycles. The largest absolute Gasteiger partial charge is 0.368 e. The number of nitrogens with zero attached hydrogens (tertiary/aromatic N) is 2. The smallest absolute Gasteiger partial charge is 0.125 e. The molecule has 4 nitrogen and oxygen atoms in total. The van der Waals surface area contributed by atoms with Gasteiger partial charge in [-0.05, 0) is 46.2 Å². The number of hydrogen-bond acceptors (Lipinski definition) is 3. The van der Waals surface area contributed by atoms with E-state index in [2.05, 4.69) is 35.2 Å². The van der Waals surface area contributed by atoms with Crippen molar-refractivity contribution < 1.29 is 0 Å². The molecule has 0 spiro atoms. The van der Waals surface area contributed by atoms with Gasteiger partial charge in [0.1, 0.15) is 5.82 Å². The third-order valence-corrected chi connectivity index (χ3v) is 4.02. The minimum Gasteiger partial charge on any atom is -0.368 e. The first kappa shape index (κ1) is 11.1. The molecule has 2 atom stereocenters. The van der Waals surface area contributed by atoms with E-state index in [4.69, 9.17) is 5.10 Å². The lowest BCUT2D eigenvalue weighted by Gasteiger charge is -2.27.